The van der Waals surface area contributed by atoms with E-state index < -0.39 is 0 Å². The average Bonchev–Trinajstić information content (AvgIpc) is 3.08. The molecule has 2 aliphatic rings. The number of ether oxygens (including phenoxy) is 1. The highest BCUT2D eigenvalue weighted by Gasteiger charge is 2.23. The summed E-state index contributed by atoms with van der Waals surface area (Å²) in [5, 5.41) is 6.40. The van der Waals surface area contributed by atoms with Crippen LogP contribution in [-0.4, -0.2) is 31.8 Å². The maximum absolute atomic E-state index is 12.0. The van der Waals surface area contributed by atoms with Crippen LogP contribution in [0.15, 0.2) is 48.0 Å². The number of carbonyl (C=O) groups is 1. The third-order valence-corrected chi connectivity index (χ3v) is 4.95. The number of nitrogens with zero attached hydrogens (tertiary/aromatic N) is 1. The van der Waals surface area contributed by atoms with Crippen molar-refractivity contribution in [1.82, 2.24) is 5.32 Å². The molecule has 0 aliphatic carbocycles. The SMILES string of the molecule is Cc1ccc(NC(C)C2=Cc3ccccc3OC2)cc1N1CCNC1=O. The van der Waals surface area contributed by atoms with Crippen molar-refractivity contribution in [3.05, 3.63) is 59.2 Å². The monoisotopic (exact) mass is 349 g/mol. The molecular formula is C21H23N3O2. The van der Waals surface area contributed by atoms with Gasteiger partial charge in [0, 0.05) is 30.4 Å². The molecule has 4 rings (SSSR count). The van der Waals surface area contributed by atoms with Crippen LogP contribution in [-0.2, 0) is 0 Å². The molecule has 5 heteroatoms. The highest BCUT2D eigenvalue weighted by Crippen LogP contribution is 2.29. The van der Waals surface area contributed by atoms with Crippen LogP contribution in [0.2, 0.25) is 0 Å². The van der Waals surface area contributed by atoms with Crippen molar-refractivity contribution in [3.8, 4) is 5.75 Å². The summed E-state index contributed by atoms with van der Waals surface area (Å²) in [6.07, 6.45) is 2.19. The van der Waals surface area contributed by atoms with E-state index in [1.165, 1.54) is 5.57 Å². The summed E-state index contributed by atoms with van der Waals surface area (Å²) >= 11 is 0. The fourth-order valence-electron chi connectivity index (χ4n) is 3.42. The zero-order valence-corrected chi connectivity index (χ0v) is 15.1. The van der Waals surface area contributed by atoms with Crippen LogP contribution in [0.25, 0.3) is 6.08 Å². The zero-order valence-electron chi connectivity index (χ0n) is 15.1. The van der Waals surface area contributed by atoms with Crippen molar-refractivity contribution in [3.63, 3.8) is 0 Å². The van der Waals surface area contributed by atoms with Crippen LogP contribution < -0.4 is 20.3 Å². The molecular weight excluding hydrogens is 326 g/mol. The molecule has 26 heavy (non-hydrogen) atoms. The van der Waals surface area contributed by atoms with Crippen LogP contribution in [0, 0.1) is 6.92 Å². The first-order valence-electron chi connectivity index (χ1n) is 8.96. The van der Waals surface area contributed by atoms with Gasteiger partial charge in [0.2, 0.25) is 0 Å². The summed E-state index contributed by atoms with van der Waals surface area (Å²) in [5.41, 5.74) is 5.36. The predicted octanol–water partition coefficient (Wildman–Crippen LogP) is 3.80. The number of urea groups is 1. The Labute approximate surface area is 153 Å². The van der Waals surface area contributed by atoms with Gasteiger partial charge in [0.25, 0.3) is 0 Å². The molecule has 2 aromatic carbocycles. The Kier molecular flexibility index (Phi) is 4.29. The molecule has 0 spiro atoms. The van der Waals surface area contributed by atoms with E-state index in [-0.39, 0.29) is 12.1 Å². The molecule has 1 fully saturated rings. The lowest BCUT2D eigenvalue weighted by Gasteiger charge is -2.25. The highest BCUT2D eigenvalue weighted by molar-refractivity contribution is 5.95. The second-order valence-electron chi connectivity index (χ2n) is 6.80. The van der Waals surface area contributed by atoms with E-state index in [0.717, 1.165) is 28.3 Å². The molecule has 2 aromatic rings. The van der Waals surface area contributed by atoms with E-state index in [1.807, 2.05) is 25.1 Å². The van der Waals surface area contributed by atoms with E-state index in [0.29, 0.717) is 19.7 Å². The topological polar surface area (TPSA) is 53.6 Å². The fourth-order valence-corrected chi connectivity index (χ4v) is 3.42. The summed E-state index contributed by atoms with van der Waals surface area (Å²) < 4.78 is 5.86. The molecule has 1 unspecified atom stereocenters. The lowest BCUT2D eigenvalue weighted by molar-refractivity contribution is 0.252. The largest absolute Gasteiger partial charge is 0.489 e. The maximum atomic E-state index is 12.0. The Bertz CT molecular complexity index is 875. The van der Waals surface area contributed by atoms with Crippen molar-refractivity contribution in [2.75, 3.05) is 29.9 Å². The van der Waals surface area contributed by atoms with E-state index in [2.05, 4.69) is 47.9 Å². The number of aryl methyl sites for hydroxylation is 1. The highest BCUT2D eigenvalue weighted by atomic mass is 16.5. The second-order valence-corrected chi connectivity index (χ2v) is 6.80. The molecule has 1 saturated heterocycles. The molecule has 0 aromatic heterocycles. The quantitative estimate of drug-likeness (QED) is 0.883. The number of amides is 2. The lowest BCUT2D eigenvalue weighted by Crippen LogP contribution is -2.28. The van der Waals surface area contributed by atoms with Crippen LogP contribution in [0.4, 0.5) is 16.2 Å². The molecule has 2 amide bonds. The van der Waals surface area contributed by atoms with Crippen molar-refractivity contribution in [2.24, 2.45) is 0 Å². The van der Waals surface area contributed by atoms with E-state index >= 15 is 0 Å². The number of fused-ring (bicyclic) bond motifs is 1. The zero-order chi connectivity index (χ0) is 18.1. The molecule has 2 heterocycles. The molecule has 0 saturated carbocycles. The van der Waals surface area contributed by atoms with Gasteiger partial charge in [-0.05, 0) is 49.3 Å². The normalized spacial score (nSPS) is 17.1. The molecule has 134 valence electrons. The number of hydrogen-bond acceptors (Lipinski definition) is 3. The van der Waals surface area contributed by atoms with Crippen molar-refractivity contribution in [2.45, 2.75) is 19.9 Å². The number of nitrogens with one attached hydrogen (secondary N) is 2. The molecule has 2 aliphatic heterocycles. The van der Waals surface area contributed by atoms with Gasteiger partial charge in [0.15, 0.2) is 0 Å². The third-order valence-electron chi connectivity index (χ3n) is 4.95. The number of rotatable bonds is 4. The van der Waals surface area contributed by atoms with Gasteiger partial charge in [-0.3, -0.25) is 4.90 Å². The Balaban J connectivity index is 1.54. The summed E-state index contributed by atoms with van der Waals surface area (Å²) in [7, 11) is 0. The Morgan fingerprint density at radius 2 is 2.08 bits per heavy atom. The van der Waals surface area contributed by atoms with Crippen molar-refractivity contribution >= 4 is 23.5 Å². The predicted molar refractivity (Wildman–Crippen MR) is 105 cm³/mol. The summed E-state index contributed by atoms with van der Waals surface area (Å²) in [4.78, 5) is 13.8. The van der Waals surface area contributed by atoms with Crippen LogP contribution in [0.3, 0.4) is 0 Å². The Hall–Kier alpha value is -2.95. The molecule has 1 atom stereocenters. The van der Waals surface area contributed by atoms with Crippen LogP contribution in [0.5, 0.6) is 5.75 Å². The van der Waals surface area contributed by atoms with E-state index in [4.69, 9.17) is 4.74 Å². The van der Waals surface area contributed by atoms with Gasteiger partial charge in [-0.2, -0.15) is 0 Å². The average molecular weight is 349 g/mol. The number of anilines is 2. The smallest absolute Gasteiger partial charge is 0.322 e. The van der Waals surface area contributed by atoms with Gasteiger partial charge in [0.1, 0.15) is 12.4 Å². The summed E-state index contributed by atoms with van der Waals surface area (Å²) in [6, 6.07) is 14.3. The summed E-state index contributed by atoms with van der Waals surface area (Å²) in [6.45, 7) is 6.14. The standard InChI is InChI=1S/C21H23N3O2/c1-14-7-8-18(12-19(14)24-10-9-22-21(24)25)23-15(2)17-11-16-5-3-4-6-20(16)26-13-17/h3-8,11-12,15,23H,9-10,13H2,1-2H3,(H,22,25). The second kappa shape index (κ2) is 6.75. The minimum Gasteiger partial charge on any atom is -0.489 e. The first-order chi connectivity index (χ1) is 12.6. The maximum Gasteiger partial charge on any atom is 0.322 e. The molecule has 2 N–H and O–H groups in total. The van der Waals surface area contributed by atoms with E-state index in [9.17, 15) is 4.79 Å². The van der Waals surface area contributed by atoms with Crippen molar-refractivity contribution < 1.29 is 9.53 Å². The molecule has 0 bridgehead atoms. The fraction of sp³-hybridized carbons (Fsp3) is 0.286. The van der Waals surface area contributed by atoms with Crippen LogP contribution >= 0.6 is 0 Å². The van der Waals surface area contributed by atoms with Gasteiger partial charge in [0.05, 0.1) is 5.69 Å². The number of benzene rings is 2. The number of hydrogen-bond donors (Lipinski definition) is 2. The van der Waals surface area contributed by atoms with Gasteiger partial charge >= 0.3 is 6.03 Å². The molecule has 5 nitrogen and oxygen atoms in total. The first kappa shape index (κ1) is 16.5. The number of carbonyl (C=O) groups excluding carboxylic acids is 1. The Morgan fingerprint density at radius 3 is 2.88 bits per heavy atom. The number of para-hydroxylation sites is 1. The van der Waals surface area contributed by atoms with Gasteiger partial charge in [-0.1, -0.05) is 24.3 Å². The van der Waals surface area contributed by atoms with Gasteiger partial charge < -0.3 is 15.4 Å². The minimum atomic E-state index is -0.0294. The molecule has 0 radical (unpaired) electrons. The van der Waals surface area contributed by atoms with Crippen molar-refractivity contribution in [1.29, 1.82) is 0 Å². The van der Waals surface area contributed by atoms with Gasteiger partial charge in [-0.15, -0.1) is 0 Å². The lowest BCUT2D eigenvalue weighted by atomic mass is 10.0. The summed E-state index contributed by atoms with van der Waals surface area (Å²) in [5.74, 6) is 0.932. The van der Waals surface area contributed by atoms with Crippen LogP contribution in [0.1, 0.15) is 18.1 Å². The minimum absolute atomic E-state index is 0.0294. The first-order valence-corrected chi connectivity index (χ1v) is 8.96. The van der Waals surface area contributed by atoms with Gasteiger partial charge in [-0.25, -0.2) is 4.79 Å². The van der Waals surface area contributed by atoms with E-state index in [1.54, 1.807) is 4.90 Å². The Morgan fingerprint density at radius 1 is 1.23 bits per heavy atom. The third kappa shape index (κ3) is 3.12.